The van der Waals surface area contributed by atoms with E-state index in [1.165, 1.54) is 16.7 Å². The lowest BCUT2D eigenvalue weighted by Gasteiger charge is -2.12. The Morgan fingerprint density at radius 1 is 0.926 bits per heavy atom. The monoisotopic (exact) mass is 362 g/mol. The standard InChI is InChI=1S/C22H26N4O/c1-15-8-9-20(16(2)12-15)26-22-14-21(24-17(3)25-22)23-11-10-18-6-5-7-19(13-18)27-4/h5-9,12-14H,10-11H2,1-4H3,(H2,23,24,25,26). The van der Waals surface area contributed by atoms with Gasteiger partial charge in [-0.1, -0.05) is 29.8 Å². The molecule has 0 saturated carbocycles. The minimum atomic E-state index is 0.730. The number of methoxy groups -OCH3 is 1. The Morgan fingerprint density at radius 2 is 1.74 bits per heavy atom. The van der Waals surface area contributed by atoms with Crippen molar-refractivity contribution in [2.45, 2.75) is 27.2 Å². The lowest BCUT2D eigenvalue weighted by atomic mass is 10.1. The highest BCUT2D eigenvalue weighted by Gasteiger charge is 2.05. The van der Waals surface area contributed by atoms with Gasteiger partial charge in [0.15, 0.2) is 0 Å². The van der Waals surface area contributed by atoms with Crippen LogP contribution in [0.4, 0.5) is 17.3 Å². The van der Waals surface area contributed by atoms with Gasteiger partial charge in [0.25, 0.3) is 0 Å². The number of aryl methyl sites for hydroxylation is 3. The van der Waals surface area contributed by atoms with Gasteiger partial charge in [-0.25, -0.2) is 9.97 Å². The zero-order valence-electron chi connectivity index (χ0n) is 16.3. The Hall–Kier alpha value is -3.08. The fraction of sp³-hybridized carbons (Fsp3) is 0.273. The van der Waals surface area contributed by atoms with Gasteiger partial charge in [0.2, 0.25) is 0 Å². The number of anilines is 3. The summed E-state index contributed by atoms with van der Waals surface area (Å²) in [6, 6.07) is 16.4. The fourth-order valence-corrected chi connectivity index (χ4v) is 2.98. The molecule has 0 aliphatic rings. The number of hydrogen-bond acceptors (Lipinski definition) is 5. The van der Waals surface area contributed by atoms with Crippen molar-refractivity contribution in [2.75, 3.05) is 24.3 Å². The topological polar surface area (TPSA) is 59.1 Å². The van der Waals surface area contributed by atoms with Crippen LogP contribution in [-0.2, 0) is 6.42 Å². The maximum absolute atomic E-state index is 5.28. The van der Waals surface area contributed by atoms with Gasteiger partial charge in [-0.3, -0.25) is 0 Å². The van der Waals surface area contributed by atoms with Crippen LogP contribution in [0.1, 0.15) is 22.5 Å². The summed E-state index contributed by atoms with van der Waals surface area (Å²) in [7, 11) is 1.69. The van der Waals surface area contributed by atoms with Crippen LogP contribution < -0.4 is 15.4 Å². The van der Waals surface area contributed by atoms with Gasteiger partial charge < -0.3 is 15.4 Å². The molecule has 2 aromatic carbocycles. The van der Waals surface area contributed by atoms with E-state index in [-0.39, 0.29) is 0 Å². The molecular weight excluding hydrogens is 336 g/mol. The number of nitrogens with zero attached hydrogens (tertiary/aromatic N) is 2. The van der Waals surface area contributed by atoms with Crippen LogP contribution in [0.15, 0.2) is 48.5 Å². The van der Waals surface area contributed by atoms with Crippen molar-refractivity contribution >= 4 is 17.3 Å². The minimum absolute atomic E-state index is 0.730. The molecule has 0 unspecified atom stereocenters. The van der Waals surface area contributed by atoms with Crippen molar-refractivity contribution in [2.24, 2.45) is 0 Å². The second-order valence-electron chi connectivity index (χ2n) is 6.66. The molecule has 5 nitrogen and oxygen atoms in total. The van der Waals surface area contributed by atoms with Crippen LogP contribution in [-0.4, -0.2) is 23.6 Å². The average Bonchev–Trinajstić information content (AvgIpc) is 2.64. The van der Waals surface area contributed by atoms with Crippen LogP contribution in [0.3, 0.4) is 0 Å². The van der Waals surface area contributed by atoms with E-state index >= 15 is 0 Å². The number of hydrogen-bond donors (Lipinski definition) is 2. The average molecular weight is 362 g/mol. The molecule has 0 bridgehead atoms. The Kier molecular flexibility index (Phi) is 5.91. The maximum atomic E-state index is 5.28. The summed E-state index contributed by atoms with van der Waals surface area (Å²) in [6.07, 6.45) is 0.889. The molecular formula is C22H26N4O. The molecule has 3 aromatic rings. The SMILES string of the molecule is COc1cccc(CCNc2cc(Nc3ccc(C)cc3C)nc(C)n2)c1. The maximum Gasteiger partial charge on any atom is 0.136 e. The molecule has 0 aliphatic carbocycles. The first-order chi connectivity index (χ1) is 13.0. The highest BCUT2D eigenvalue weighted by Crippen LogP contribution is 2.22. The van der Waals surface area contributed by atoms with E-state index in [1.807, 2.05) is 25.1 Å². The summed E-state index contributed by atoms with van der Waals surface area (Å²) in [5, 5.41) is 6.79. The fourth-order valence-electron chi connectivity index (χ4n) is 2.98. The van der Waals surface area contributed by atoms with Crippen LogP contribution in [0.25, 0.3) is 0 Å². The molecule has 2 N–H and O–H groups in total. The van der Waals surface area contributed by atoms with Crippen molar-refractivity contribution in [3.63, 3.8) is 0 Å². The van der Waals surface area contributed by atoms with Gasteiger partial charge in [-0.15, -0.1) is 0 Å². The van der Waals surface area contributed by atoms with Crippen molar-refractivity contribution in [3.8, 4) is 5.75 Å². The second-order valence-corrected chi connectivity index (χ2v) is 6.66. The van der Waals surface area contributed by atoms with Crippen molar-refractivity contribution < 1.29 is 4.74 Å². The molecule has 0 saturated heterocycles. The van der Waals surface area contributed by atoms with Crippen molar-refractivity contribution in [1.29, 1.82) is 0 Å². The highest BCUT2D eigenvalue weighted by molar-refractivity contribution is 5.63. The van der Waals surface area contributed by atoms with E-state index in [0.717, 1.165) is 41.9 Å². The number of aromatic nitrogens is 2. The summed E-state index contributed by atoms with van der Waals surface area (Å²) >= 11 is 0. The second kappa shape index (κ2) is 8.54. The quantitative estimate of drug-likeness (QED) is 0.632. The Labute approximate surface area is 160 Å². The predicted octanol–water partition coefficient (Wildman–Crippen LogP) is 4.81. The Morgan fingerprint density at radius 3 is 2.52 bits per heavy atom. The van der Waals surface area contributed by atoms with Gasteiger partial charge in [0, 0.05) is 18.3 Å². The van der Waals surface area contributed by atoms with Gasteiger partial charge in [0.1, 0.15) is 23.2 Å². The Balaban J connectivity index is 1.66. The van der Waals surface area contributed by atoms with Crippen LogP contribution in [0.5, 0.6) is 5.75 Å². The van der Waals surface area contributed by atoms with Crippen molar-refractivity contribution in [1.82, 2.24) is 9.97 Å². The molecule has 140 valence electrons. The summed E-state index contributed by atoms with van der Waals surface area (Å²) in [5.74, 6) is 3.22. The number of rotatable bonds is 7. The molecule has 0 amide bonds. The first-order valence-corrected chi connectivity index (χ1v) is 9.10. The summed E-state index contributed by atoms with van der Waals surface area (Å²) in [6.45, 7) is 6.87. The van der Waals surface area contributed by atoms with E-state index in [2.05, 4.69) is 64.8 Å². The zero-order chi connectivity index (χ0) is 19.2. The van der Waals surface area contributed by atoms with Crippen LogP contribution in [0.2, 0.25) is 0 Å². The highest BCUT2D eigenvalue weighted by atomic mass is 16.5. The van der Waals surface area contributed by atoms with Crippen LogP contribution in [0, 0.1) is 20.8 Å². The lowest BCUT2D eigenvalue weighted by Crippen LogP contribution is -2.08. The summed E-state index contributed by atoms with van der Waals surface area (Å²) < 4.78 is 5.28. The summed E-state index contributed by atoms with van der Waals surface area (Å²) in [5.41, 5.74) is 4.72. The third kappa shape index (κ3) is 5.20. The molecule has 0 aliphatic heterocycles. The van der Waals surface area contributed by atoms with Gasteiger partial charge >= 0.3 is 0 Å². The lowest BCUT2D eigenvalue weighted by molar-refractivity contribution is 0.414. The summed E-state index contributed by atoms with van der Waals surface area (Å²) in [4.78, 5) is 8.99. The molecule has 3 rings (SSSR count). The van der Waals surface area contributed by atoms with Crippen molar-refractivity contribution in [3.05, 3.63) is 71.0 Å². The normalized spacial score (nSPS) is 10.5. The molecule has 1 aromatic heterocycles. The van der Waals surface area contributed by atoms with E-state index in [1.54, 1.807) is 7.11 Å². The third-order valence-electron chi connectivity index (χ3n) is 4.34. The molecule has 0 atom stereocenters. The molecule has 5 heteroatoms. The Bertz CT molecular complexity index is 924. The van der Waals surface area contributed by atoms with E-state index in [9.17, 15) is 0 Å². The number of nitrogens with one attached hydrogen (secondary N) is 2. The molecule has 0 spiro atoms. The largest absolute Gasteiger partial charge is 0.497 e. The number of benzene rings is 2. The first kappa shape index (κ1) is 18.7. The number of ether oxygens (including phenoxy) is 1. The smallest absolute Gasteiger partial charge is 0.136 e. The molecule has 1 heterocycles. The molecule has 27 heavy (non-hydrogen) atoms. The van der Waals surface area contributed by atoms with Gasteiger partial charge in [-0.05, 0) is 56.5 Å². The minimum Gasteiger partial charge on any atom is -0.497 e. The molecule has 0 fully saturated rings. The van der Waals surface area contributed by atoms with E-state index in [4.69, 9.17) is 4.74 Å². The van der Waals surface area contributed by atoms with Crippen LogP contribution >= 0.6 is 0 Å². The van der Waals surface area contributed by atoms with E-state index < -0.39 is 0 Å². The first-order valence-electron chi connectivity index (χ1n) is 9.10. The van der Waals surface area contributed by atoms with Gasteiger partial charge in [-0.2, -0.15) is 0 Å². The predicted molar refractivity (Wildman–Crippen MR) is 111 cm³/mol. The zero-order valence-corrected chi connectivity index (χ0v) is 16.3. The molecule has 0 radical (unpaired) electrons. The third-order valence-corrected chi connectivity index (χ3v) is 4.34. The van der Waals surface area contributed by atoms with Gasteiger partial charge in [0.05, 0.1) is 7.11 Å². The van der Waals surface area contributed by atoms with E-state index in [0.29, 0.717) is 0 Å².